The third kappa shape index (κ3) is 1.87. The van der Waals surface area contributed by atoms with Crippen molar-refractivity contribution in [2.45, 2.75) is 6.92 Å². The van der Waals surface area contributed by atoms with E-state index < -0.39 is 0 Å². The summed E-state index contributed by atoms with van der Waals surface area (Å²) in [5.74, 6) is 0.0540. The van der Waals surface area contributed by atoms with Crippen LogP contribution in [0, 0.1) is 12.3 Å². The maximum absolute atomic E-state index is 7.72. The molecule has 0 atom stereocenters. The number of rotatable bonds is 2. The molecule has 0 saturated heterocycles. The number of benzene rings is 2. The minimum Gasteiger partial charge on any atom is -0.384 e. The summed E-state index contributed by atoms with van der Waals surface area (Å²) in [5, 5.41) is 13.2. The molecule has 19 heavy (non-hydrogen) atoms. The molecule has 0 bridgehead atoms. The Morgan fingerprint density at radius 3 is 2.79 bits per heavy atom. The third-order valence-electron chi connectivity index (χ3n) is 3.15. The maximum atomic E-state index is 7.72. The van der Waals surface area contributed by atoms with Gasteiger partial charge in [-0.1, -0.05) is 29.8 Å². The highest BCUT2D eigenvalue weighted by Gasteiger charge is 2.11. The number of hydrogen-bond donors (Lipinski definition) is 2. The first-order chi connectivity index (χ1) is 9.16. The minimum absolute atomic E-state index is 0.0540. The Hall–Kier alpha value is -2.62. The molecule has 4 nitrogen and oxygen atoms in total. The van der Waals surface area contributed by atoms with E-state index in [0.29, 0.717) is 5.56 Å². The second kappa shape index (κ2) is 4.24. The first-order valence-electron chi connectivity index (χ1n) is 6.05. The van der Waals surface area contributed by atoms with Crippen molar-refractivity contribution < 1.29 is 0 Å². The molecule has 0 spiro atoms. The Labute approximate surface area is 111 Å². The Balaban J connectivity index is 2.30. The highest BCUT2D eigenvalue weighted by atomic mass is 15.3. The molecule has 0 radical (unpaired) electrons. The van der Waals surface area contributed by atoms with Gasteiger partial charge in [0.2, 0.25) is 0 Å². The number of aromatic nitrogens is 2. The molecule has 0 saturated carbocycles. The largest absolute Gasteiger partial charge is 0.384 e. The highest BCUT2D eigenvalue weighted by molar-refractivity contribution is 5.99. The Bertz CT molecular complexity index is 771. The molecule has 3 aromatic rings. The molecule has 1 heterocycles. The fourth-order valence-corrected chi connectivity index (χ4v) is 2.21. The zero-order chi connectivity index (χ0) is 13.4. The average Bonchev–Trinajstić information content (AvgIpc) is 2.82. The number of nitrogen functional groups attached to an aromatic ring is 1. The number of fused-ring (bicyclic) bond motifs is 1. The lowest BCUT2D eigenvalue weighted by molar-refractivity contribution is 0.907. The van der Waals surface area contributed by atoms with Crippen LogP contribution in [0.3, 0.4) is 0 Å². The van der Waals surface area contributed by atoms with Crippen molar-refractivity contribution in [1.29, 1.82) is 5.41 Å². The molecule has 2 aromatic carbocycles. The lowest BCUT2D eigenvalue weighted by atomic mass is 10.1. The van der Waals surface area contributed by atoms with Crippen LogP contribution in [0.15, 0.2) is 48.7 Å². The van der Waals surface area contributed by atoms with Crippen molar-refractivity contribution in [1.82, 2.24) is 9.78 Å². The van der Waals surface area contributed by atoms with Crippen molar-refractivity contribution >= 4 is 16.7 Å². The standard InChI is InChI=1S/C15H14N4/c1-10-6-7-14(12(8-10)15(16)17)19-13-5-3-2-4-11(13)9-18-19/h2-9H,1H3,(H3,16,17). The lowest BCUT2D eigenvalue weighted by Gasteiger charge is -2.10. The number of nitrogens with zero attached hydrogens (tertiary/aromatic N) is 2. The van der Waals surface area contributed by atoms with E-state index in [1.807, 2.05) is 60.3 Å². The van der Waals surface area contributed by atoms with Crippen LogP contribution in [0.25, 0.3) is 16.6 Å². The molecule has 3 rings (SSSR count). The van der Waals surface area contributed by atoms with E-state index in [0.717, 1.165) is 22.2 Å². The van der Waals surface area contributed by atoms with Crippen LogP contribution in [-0.4, -0.2) is 15.6 Å². The van der Waals surface area contributed by atoms with Gasteiger partial charge in [0.1, 0.15) is 5.84 Å². The first-order valence-corrected chi connectivity index (χ1v) is 6.05. The van der Waals surface area contributed by atoms with Gasteiger partial charge in [-0.25, -0.2) is 4.68 Å². The molecule has 3 N–H and O–H groups in total. The van der Waals surface area contributed by atoms with Crippen molar-refractivity contribution in [3.05, 3.63) is 59.8 Å². The van der Waals surface area contributed by atoms with Gasteiger partial charge in [0.15, 0.2) is 0 Å². The predicted molar refractivity (Wildman–Crippen MR) is 76.8 cm³/mol. The zero-order valence-electron chi connectivity index (χ0n) is 10.6. The SMILES string of the molecule is Cc1ccc(-n2ncc3ccccc32)c(C(=N)N)c1. The molecule has 0 fully saturated rings. The number of para-hydroxylation sites is 1. The molecular weight excluding hydrogens is 236 g/mol. The quantitative estimate of drug-likeness (QED) is 0.542. The van der Waals surface area contributed by atoms with Crippen molar-refractivity contribution in [3.63, 3.8) is 0 Å². The molecule has 94 valence electrons. The van der Waals surface area contributed by atoms with Gasteiger partial charge in [0, 0.05) is 10.9 Å². The topological polar surface area (TPSA) is 67.7 Å². The Morgan fingerprint density at radius 2 is 2.00 bits per heavy atom. The van der Waals surface area contributed by atoms with E-state index >= 15 is 0 Å². The number of hydrogen-bond acceptors (Lipinski definition) is 2. The number of nitrogens with one attached hydrogen (secondary N) is 1. The minimum atomic E-state index is 0.0540. The van der Waals surface area contributed by atoms with Gasteiger partial charge < -0.3 is 5.73 Å². The van der Waals surface area contributed by atoms with Crippen LogP contribution in [0.2, 0.25) is 0 Å². The van der Waals surface area contributed by atoms with E-state index in [9.17, 15) is 0 Å². The van der Waals surface area contributed by atoms with Gasteiger partial charge in [-0.05, 0) is 25.1 Å². The van der Waals surface area contributed by atoms with Crippen LogP contribution < -0.4 is 5.73 Å². The summed E-state index contributed by atoms with van der Waals surface area (Å²) in [6.07, 6.45) is 1.82. The summed E-state index contributed by atoms with van der Waals surface area (Å²) < 4.78 is 1.82. The van der Waals surface area contributed by atoms with E-state index in [2.05, 4.69) is 5.10 Å². The molecule has 4 heteroatoms. The molecule has 0 amide bonds. The first kappa shape index (κ1) is 11.5. The molecule has 1 aromatic heterocycles. The molecule has 0 aliphatic carbocycles. The van der Waals surface area contributed by atoms with Gasteiger partial charge in [-0.15, -0.1) is 0 Å². The van der Waals surface area contributed by atoms with Crippen molar-refractivity contribution in [2.24, 2.45) is 5.73 Å². The summed E-state index contributed by atoms with van der Waals surface area (Å²) in [7, 11) is 0. The smallest absolute Gasteiger partial charge is 0.124 e. The Morgan fingerprint density at radius 1 is 1.21 bits per heavy atom. The van der Waals surface area contributed by atoms with Gasteiger partial charge in [0.05, 0.1) is 17.4 Å². The van der Waals surface area contributed by atoms with E-state index in [4.69, 9.17) is 11.1 Å². The van der Waals surface area contributed by atoms with Gasteiger partial charge >= 0.3 is 0 Å². The average molecular weight is 250 g/mol. The predicted octanol–water partition coefficient (Wildman–Crippen LogP) is 2.62. The van der Waals surface area contributed by atoms with Crippen molar-refractivity contribution in [2.75, 3.05) is 0 Å². The summed E-state index contributed by atoms with van der Waals surface area (Å²) in [5.41, 5.74) is 9.29. The van der Waals surface area contributed by atoms with Crippen LogP contribution in [0.5, 0.6) is 0 Å². The molecule has 0 unspecified atom stereocenters. The molecule has 0 aliphatic rings. The normalized spacial score (nSPS) is 10.8. The molecular formula is C15H14N4. The van der Waals surface area contributed by atoms with Gasteiger partial charge in [0.25, 0.3) is 0 Å². The number of amidine groups is 1. The summed E-state index contributed by atoms with van der Waals surface area (Å²) in [4.78, 5) is 0. The van der Waals surface area contributed by atoms with E-state index in [1.165, 1.54) is 0 Å². The summed E-state index contributed by atoms with van der Waals surface area (Å²) >= 11 is 0. The second-order valence-corrected chi connectivity index (χ2v) is 4.55. The van der Waals surface area contributed by atoms with Crippen LogP contribution >= 0.6 is 0 Å². The van der Waals surface area contributed by atoms with Crippen LogP contribution in [-0.2, 0) is 0 Å². The fourth-order valence-electron chi connectivity index (χ4n) is 2.21. The monoisotopic (exact) mass is 250 g/mol. The van der Waals surface area contributed by atoms with Crippen LogP contribution in [0.1, 0.15) is 11.1 Å². The van der Waals surface area contributed by atoms with Gasteiger partial charge in [-0.2, -0.15) is 5.10 Å². The van der Waals surface area contributed by atoms with Crippen molar-refractivity contribution in [3.8, 4) is 5.69 Å². The summed E-state index contributed by atoms with van der Waals surface area (Å²) in [6.45, 7) is 1.98. The van der Waals surface area contributed by atoms with Gasteiger partial charge in [-0.3, -0.25) is 5.41 Å². The Kier molecular flexibility index (Phi) is 2.56. The zero-order valence-corrected chi connectivity index (χ0v) is 10.6. The summed E-state index contributed by atoms with van der Waals surface area (Å²) in [6, 6.07) is 13.8. The number of nitrogens with two attached hydrogens (primary N) is 1. The number of aryl methyl sites for hydroxylation is 1. The van der Waals surface area contributed by atoms with E-state index in [1.54, 1.807) is 0 Å². The molecule has 0 aliphatic heterocycles. The lowest BCUT2D eigenvalue weighted by Crippen LogP contribution is -2.15. The van der Waals surface area contributed by atoms with Crippen LogP contribution in [0.4, 0.5) is 0 Å². The third-order valence-corrected chi connectivity index (χ3v) is 3.15. The fraction of sp³-hybridized carbons (Fsp3) is 0.0667. The van der Waals surface area contributed by atoms with E-state index in [-0.39, 0.29) is 5.84 Å². The second-order valence-electron chi connectivity index (χ2n) is 4.55. The highest BCUT2D eigenvalue weighted by Crippen LogP contribution is 2.21. The maximum Gasteiger partial charge on any atom is 0.124 e.